The standard InChI is InChI=1S/C12H14FNO2/c1-4-16-10-5-7-9(6-8(10)13)14-11(15)12(7,2)3/h5-6H,4H2,1-3H3,(H,14,15). The minimum atomic E-state index is -0.630. The van der Waals surface area contributed by atoms with Crippen molar-refractivity contribution in [2.24, 2.45) is 0 Å². The number of hydrogen-bond acceptors (Lipinski definition) is 2. The normalized spacial score (nSPS) is 16.9. The van der Waals surface area contributed by atoms with E-state index in [9.17, 15) is 9.18 Å². The van der Waals surface area contributed by atoms with Crippen LogP contribution in [-0.2, 0) is 10.2 Å². The molecular formula is C12H14FNO2. The Balaban J connectivity index is 2.54. The molecule has 0 unspecified atom stereocenters. The van der Waals surface area contributed by atoms with Crippen LogP contribution in [0.2, 0.25) is 0 Å². The van der Waals surface area contributed by atoms with Gasteiger partial charge in [-0.15, -0.1) is 0 Å². The summed E-state index contributed by atoms with van der Waals surface area (Å²) in [5, 5.41) is 2.66. The number of benzene rings is 1. The maximum absolute atomic E-state index is 13.5. The topological polar surface area (TPSA) is 38.3 Å². The van der Waals surface area contributed by atoms with Crippen LogP contribution in [0.4, 0.5) is 10.1 Å². The molecule has 0 radical (unpaired) electrons. The number of anilines is 1. The van der Waals surface area contributed by atoms with Gasteiger partial charge in [0.05, 0.1) is 12.0 Å². The van der Waals surface area contributed by atoms with Gasteiger partial charge in [0.1, 0.15) is 0 Å². The number of nitrogens with one attached hydrogen (secondary N) is 1. The summed E-state index contributed by atoms with van der Waals surface area (Å²) in [7, 11) is 0. The van der Waals surface area contributed by atoms with Gasteiger partial charge in [0.25, 0.3) is 0 Å². The largest absolute Gasteiger partial charge is 0.491 e. The summed E-state index contributed by atoms with van der Waals surface area (Å²) in [6.07, 6.45) is 0. The fourth-order valence-electron chi connectivity index (χ4n) is 1.84. The van der Waals surface area contributed by atoms with Crippen LogP contribution in [0, 0.1) is 5.82 Å². The molecule has 0 spiro atoms. The zero-order valence-electron chi connectivity index (χ0n) is 9.56. The van der Waals surface area contributed by atoms with E-state index in [4.69, 9.17) is 4.74 Å². The molecule has 0 saturated heterocycles. The Morgan fingerprint density at radius 3 is 2.75 bits per heavy atom. The summed E-state index contributed by atoms with van der Waals surface area (Å²) >= 11 is 0. The van der Waals surface area contributed by atoms with E-state index >= 15 is 0 Å². The molecule has 1 N–H and O–H groups in total. The molecule has 0 fully saturated rings. The lowest BCUT2D eigenvalue weighted by Crippen LogP contribution is -2.26. The molecule has 0 aromatic heterocycles. The average molecular weight is 223 g/mol. The van der Waals surface area contributed by atoms with Gasteiger partial charge in [-0.2, -0.15) is 0 Å². The molecule has 1 heterocycles. The van der Waals surface area contributed by atoms with E-state index in [1.54, 1.807) is 13.0 Å². The van der Waals surface area contributed by atoms with Gasteiger partial charge in [-0.3, -0.25) is 4.79 Å². The molecule has 1 aromatic carbocycles. The van der Waals surface area contributed by atoms with E-state index in [0.717, 1.165) is 5.56 Å². The quantitative estimate of drug-likeness (QED) is 0.836. The highest BCUT2D eigenvalue weighted by atomic mass is 19.1. The number of amides is 1. The predicted molar refractivity (Wildman–Crippen MR) is 59.2 cm³/mol. The van der Waals surface area contributed by atoms with E-state index < -0.39 is 11.2 Å². The average Bonchev–Trinajstić information content (AvgIpc) is 2.41. The lowest BCUT2D eigenvalue weighted by Gasteiger charge is -2.16. The Morgan fingerprint density at radius 1 is 1.44 bits per heavy atom. The van der Waals surface area contributed by atoms with Gasteiger partial charge in [-0.05, 0) is 32.4 Å². The van der Waals surface area contributed by atoms with Gasteiger partial charge in [0.2, 0.25) is 5.91 Å². The lowest BCUT2D eigenvalue weighted by molar-refractivity contribution is -0.119. The molecule has 1 aliphatic heterocycles. The van der Waals surface area contributed by atoms with Gasteiger partial charge >= 0.3 is 0 Å². The number of fused-ring (bicyclic) bond motifs is 1. The second-order valence-corrected chi connectivity index (χ2v) is 4.34. The number of hydrogen-bond donors (Lipinski definition) is 1. The number of ether oxygens (including phenoxy) is 1. The highest BCUT2D eigenvalue weighted by Gasteiger charge is 2.39. The third-order valence-electron chi connectivity index (χ3n) is 2.86. The van der Waals surface area contributed by atoms with Gasteiger partial charge < -0.3 is 10.1 Å². The third-order valence-corrected chi connectivity index (χ3v) is 2.86. The summed E-state index contributed by atoms with van der Waals surface area (Å²) in [6, 6.07) is 2.92. The van der Waals surface area contributed by atoms with Crippen LogP contribution in [0.25, 0.3) is 0 Å². The van der Waals surface area contributed by atoms with Crippen molar-refractivity contribution >= 4 is 11.6 Å². The minimum absolute atomic E-state index is 0.115. The summed E-state index contributed by atoms with van der Waals surface area (Å²) in [6.45, 7) is 5.81. The molecule has 4 heteroatoms. The molecule has 0 saturated carbocycles. The first-order valence-electron chi connectivity index (χ1n) is 5.25. The Labute approximate surface area is 93.6 Å². The van der Waals surface area contributed by atoms with Crippen molar-refractivity contribution in [2.75, 3.05) is 11.9 Å². The summed E-state index contributed by atoms with van der Waals surface area (Å²) in [5.41, 5.74) is 0.688. The van der Waals surface area contributed by atoms with Crippen LogP contribution in [-0.4, -0.2) is 12.5 Å². The van der Waals surface area contributed by atoms with Crippen molar-refractivity contribution in [3.63, 3.8) is 0 Å². The number of carbonyl (C=O) groups is 1. The predicted octanol–water partition coefficient (Wildman–Crippen LogP) is 2.45. The maximum atomic E-state index is 13.5. The van der Waals surface area contributed by atoms with E-state index in [1.165, 1.54) is 6.07 Å². The van der Waals surface area contributed by atoms with Crippen molar-refractivity contribution in [1.82, 2.24) is 0 Å². The summed E-state index contributed by atoms with van der Waals surface area (Å²) in [5.74, 6) is -0.361. The summed E-state index contributed by atoms with van der Waals surface area (Å²) < 4.78 is 18.7. The van der Waals surface area contributed by atoms with Gasteiger partial charge in [-0.25, -0.2) is 4.39 Å². The van der Waals surface area contributed by atoms with Crippen molar-refractivity contribution in [1.29, 1.82) is 0 Å². The van der Waals surface area contributed by atoms with E-state index in [0.29, 0.717) is 12.3 Å². The molecular weight excluding hydrogens is 209 g/mol. The Bertz CT molecular complexity index is 455. The van der Waals surface area contributed by atoms with Crippen molar-refractivity contribution in [3.8, 4) is 5.75 Å². The van der Waals surface area contributed by atoms with E-state index in [1.807, 2.05) is 13.8 Å². The molecule has 0 atom stereocenters. The fraction of sp³-hybridized carbons (Fsp3) is 0.417. The Morgan fingerprint density at radius 2 is 2.12 bits per heavy atom. The molecule has 1 amide bonds. The lowest BCUT2D eigenvalue weighted by atomic mass is 9.86. The second-order valence-electron chi connectivity index (χ2n) is 4.34. The van der Waals surface area contributed by atoms with Crippen LogP contribution >= 0.6 is 0 Å². The molecule has 1 aliphatic rings. The Kier molecular flexibility index (Phi) is 2.37. The zero-order chi connectivity index (χ0) is 11.9. The molecule has 16 heavy (non-hydrogen) atoms. The number of carbonyl (C=O) groups excluding carboxylic acids is 1. The number of rotatable bonds is 2. The smallest absolute Gasteiger partial charge is 0.234 e. The molecule has 86 valence electrons. The molecule has 2 rings (SSSR count). The SMILES string of the molecule is CCOc1cc2c(cc1F)NC(=O)C2(C)C. The first-order valence-corrected chi connectivity index (χ1v) is 5.25. The second kappa shape index (κ2) is 3.47. The van der Waals surface area contributed by atoms with Crippen LogP contribution in [0.15, 0.2) is 12.1 Å². The van der Waals surface area contributed by atoms with Crippen LogP contribution in [0.5, 0.6) is 5.75 Å². The van der Waals surface area contributed by atoms with Crippen LogP contribution in [0.3, 0.4) is 0 Å². The first-order chi connectivity index (χ1) is 7.46. The maximum Gasteiger partial charge on any atom is 0.234 e. The van der Waals surface area contributed by atoms with Crippen molar-refractivity contribution in [2.45, 2.75) is 26.2 Å². The van der Waals surface area contributed by atoms with Gasteiger partial charge in [0, 0.05) is 11.8 Å². The van der Waals surface area contributed by atoms with Gasteiger partial charge in [-0.1, -0.05) is 0 Å². The zero-order valence-corrected chi connectivity index (χ0v) is 9.56. The van der Waals surface area contributed by atoms with Crippen molar-refractivity contribution < 1.29 is 13.9 Å². The van der Waals surface area contributed by atoms with E-state index in [2.05, 4.69) is 5.32 Å². The molecule has 0 bridgehead atoms. The molecule has 0 aliphatic carbocycles. The summed E-state index contributed by atoms with van der Waals surface area (Å²) in [4.78, 5) is 11.7. The highest BCUT2D eigenvalue weighted by Crippen LogP contribution is 2.40. The minimum Gasteiger partial charge on any atom is -0.491 e. The third kappa shape index (κ3) is 1.45. The van der Waals surface area contributed by atoms with Crippen molar-refractivity contribution in [3.05, 3.63) is 23.5 Å². The highest BCUT2D eigenvalue weighted by molar-refractivity contribution is 6.05. The first kappa shape index (κ1) is 10.9. The van der Waals surface area contributed by atoms with E-state index in [-0.39, 0.29) is 11.7 Å². The molecule has 1 aromatic rings. The van der Waals surface area contributed by atoms with Gasteiger partial charge in [0.15, 0.2) is 11.6 Å². The van der Waals surface area contributed by atoms with Crippen LogP contribution < -0.4 is 10.1 Å². The van der Waals surface area contributed by atoms with Crippen LogP contribution in [0.1, 0.15) is 26.3 Å². The fourth-order valence-corrected chi connectivity index (χ4v) is 1.84. The monoisotopic (exact) mass is 223 g/mol. The molecule has 3 nitrogen and oxygen atoms in total. The Hall–Kier alpha value is -1.58. The number of halogens is 1.